The van der Waals surface area contributed by atoms with E-state index in [9.17, 15) is 4.79 Å². The van der Waals surface area contributed by atoms with Crippen LogP contribution in [0.2, 0.25) is 0 Å². The second-order valence-corrected chi connectivity index (χ2v) is 6.76. The van der Waals surface area contributed by atoms with E-state index in [1.165, 1.54) is 22.7 Å². The smallest absolute Gasteiger partial charge is 0.253 e. The van der Waals surface area contributed by atoms with Gasteiger partial charge in [0.05, 0.1) is 5.69 Å². The average molecular weight is 337 g/mol. The van der Waals surface area contributed by atoms with Crippen molar-refractivity contribution in [2.45, 2.75) is 6.54 Å². The number of hydrogen-bond acceptors (Lipinski definition) is 4. The molecule has 0 spiro atoms. The molecule has 1 saturated heterocycles. The third-order valence-corrected chi connectivity index (χ3v) is 5.15. The van der Waals surface area contributed by atoms with Crippen molar-refractivity contribution in [3.05, 3.63) is 65.0 Å². The summed E-state index contributed by atoms with van der Waals surface area (Å²) in [7, 11) is 0. The van der Waals surface area contributed by atoms with E-state index < -0.39 is 0 Å². The highest BCUT2D eigenvalue weighted by atomic mass is 32.1. The molecule has 2 aliphatic heterocycles. The van der Waals surface area contributed by atoms with Gasteiger partial charge in [-0.3, -0.25) is 9.69 Å². The van der Waals surface area contributed by atoms with E-state index in [1.54, 1.807) is 0 Å². The second kappa shape index (κ2) is 6.71. The molecule has 1 aliphatic carbocycles. The Morgan fingerprint density at radius 2 is 1.79 bits per heavy atom. The Morgan fingerprint density at radius 1 is 1.00 bits per heavy atom. The molecule has 3 aliphatic rings. The van der Waals surface area contributed by atoms with E-state index >= 15 is 0 Å². The van der Waals surface area contributed by atoms with Crippen molar-refractivity contribution in [2.24, 2.45) is 0 Å². The van der Waals surface area contributed by atoms with Crippen LogP contribution < -0.4 is 0 Å². The third kappa shape index (κ3) is 3.05. The number of rotatable bonds is 3. The summed E-state index contributed by atoms with van der Waals surface area (Å²) in [4.78, 5) is 16.9. The van der Waals surface area contributed by atoms with Crippen molar-refractivity contribution < 1.29 is 4.79 Å². The summed E-state index contributed by atoms with van der Waals surface area (Å²) in [5, 5.41) is 2.03. The van der Waals surface area contributed by atoms with Crippen LogP contribution in [0.4, 0.5) is 0 Å². The molecule has 5 heteroatoms. The monoisotopic (exact) mass is 337 g/mol. The molecule has 1 aromatic rings. The van der Waals surface area contributed by atoms with Gasteiger partial charge >= 0.3 is 0 Å². The molecule has 4 rings (SSSR count). The largest absolute Gasteiger partial charge is 0.336 e. The molecule has 1 aromatic carbocycles. The molecule has 0 atom stereocenters. The fourth-order valence-electron chi connectivity index (χ4n) is 3.23. The van der Waals surface area contributed by atoms with Gasteiger partial charge in [-0.25, -0.2) is 0 Å². The third-order valence-electron chi connectivity index (χ3n) is 4.59. The fraction of sp³-hybridized carbons (Fsp3) is 0.263. The first kappa shape index (κ1) is 15.3. The van der Waals surface area contributed by atoms with Crippen molar-refractivity contribution >= 4 is 17.4 Å². The zero-order chi connectivity index (χ0) is 16.4. The van der Waals surface area contributed by atoms with Crippen LogP contribution in [0.5, 0.6) is 0 Å². The summed E-state index contributed by atoms with van der Waals surface area (Å²) in [6.07, 6.45) is 0. The van der Waals surface area contributed by atoms with Gasteiger partial charge in [0.2, 0.25) is 0 Å². The van der Waals surface area contributed by atoms with Crippen LogP contribution in [0.1, 0.15) is 15.9 Å². The van der Waals surface area contributed by atoms with Gasteiger partial charge in [0, 0.05) is 49.2 Å². The molecule has 0 radical (unpaired) electrons. The predicted octanol–water partition coefficient (Wildman–Crippen LogP) is 3.21. The van der Waals surface area contributed by atoms with Gasteiger partial charge in [0.1, 0.15) is 0 Å². The summed E-state index contributed by atoms with van der Waals surface area (Å²) in [5.74, 6) is 0.139. The van der Waals surface area contributed by atoms with Crippen molar-refractivity contribution in [2.75, 3.05) is 26.2 Å². The molecule has 0 unspecified atom stereocenters. The lowest BCUT2D eigenvalue weighted by molar-refractivity contribution is 0.0628. The number of carbonyl (C=O) groups excluding carboxylic acids is 1. The molecule has 0 saturated carbocycles. The highest BCUT2D eigenvalue weighted by Gasteiger charge is 2.23. The number of fused-ring (bicyclic) bond motifs is 1. The number of aromatic nitrogens is 1. The van der Waals surface area contributed by atoms with Gasteiger partial charge in [0.15, 0.2) is 0 Å². The molecular weight excluding hydrogens is 318 g/mol. The summed E-state index contributed by atoms with van der Waals surface area (Å²) in [6, 6.07) is 16.0. The maximum Gasteiger partial charge on any atom is 0.253 e. The molecule has 24 heavy (non-hydrogen) atoms. The standard InChI is InChI=1S/C19H19N3OS/c23-19(15-4-2-1-3-5-15)22-11-9-21(10-12-22)14-16-6-7-18-17(16)8-13-24-20-18/h1-8,13H,9-12,14H2. The Labute approximate surface area is 145 Å². The van der Waals surface area contributed by atoms with Gasteiger partial charge in [0.25, 0.3) is 5.91 Å². The lowest BCUT2D eigenvalue weighted by Gasteiger charge is -2.34. The number of nitrogens with zero attached hydrogens (tertiary/aromatic N) is 3. The number of hydrogen-bond donors (Lipinski definition) is 0. The number of benzene rings is 1. The van der Waals surface area contributed by atoms with Crippen molar-refractivity contribution in [3.8, 4) is 11.3 Å². The second-order valence-electron chi connectivity index (χ2n) is 6.09. The molecule has 1 amide bonds. The molecule has 0 N–H and O–H groups in total. The summed E-state index contributed by atoms with van der Waals surface area (Å²) < 4.78 is 4.43. The van der Waals surface area contributed by atoms with E-state index in [-0.39, 0.29) is 5.91 Å². The lowest BCUT2D eigenvalue weighted by atomic mass is 10.1. The Hall–Kier alpha value is -2.24. The van der Waals surface area contributed by atoms with Gasteiger partial charge in [-0.05, 0) is 41.4 Å². The van der Waals surface area contributed by atoms with E-state index in [4.69, 9.17) is 0 Å². The molecule has 0 bridgehead atoms. The maximum absolute atomic E-state index is 12.5. The maximum atomic E-state index is 12.5. The SMILES string of the molecule is O=C(c1ccccc1)N1CCN(Cc2ccc3nsccc2-3)CC1. The number of piperazine rings is 1. The van der Waals surface area contributed by atoms with E-state index in [0.717, 1.165) is 44.0 Å². The van der Waals surface area contributed by atoms with Gasteiger partial charge < -0.3 is 4.90 Å². The number of carbonyl (C=O) groups is 1. The number of amides is 1. The first-order valence-corrected chi connectivity index (χ1v) is 9.03. The minimum atomic E-state index is 0.139. The first-order valence-electron chi connectivity index (χ1n) is 8.20. The van der Waals surface area contributed by atoms with Crippen LogP contribution in [-0.2, 0) is 6.54 Å². The van der Waals surface area contributed by atoms with Gasteiger partial charge in [-0.2, -0.15) is 4.37 Å². The lowest BCUT2D eigenvalue weighted by Crippen LogP contribution is -2.48. The van der Waals surface area contributed by atoms with E-state index in [1.807, 2.05) is 40.6 Å². The topological polar surface area (TPSA) is 36.4 Å². The van der Waals surface area contributed by atoms with Crippen molar-refractivity contribution in [1.82, 2.24) is 14.2 Å². The normalized spacial score (nSPS) is 15.8. The highest BCUT2D eigenvalue weighted by molar-refractivity contribution is 7.03. The van der Waals surface area contributed by atoms with Crippen molar-refractivity contribution in [1.29, 1.82) is 0 Å². The molecule has 122 valence electrons. The summed E-state index contributed by atoms with van der Waals surface area (Å²) in [6.45, 7) is 4.31. The van der Waals surface area contributed by atoms with Crippen LogP contribution in [0.3, 0.4) is 0 Å². The van der Waals surface area contributed by atoms with Gasteiger partial charge in [-0.1, -0.05) is 24.3 Å². The Bertz CT molecular complexity index is 793. The Kier molecular flexibility index (Phi) is 4.28. The minimum Gasteiger partial charge on any atom is -0.336 e. The van der Waals surface area contributed by atoms with Crippen LogP contribution in [0, 0.1) is 0 Å². The molecule has 1 fully saturated rings. The Morgan fingerprint density at radius 3 is 2.58 bits per heavy atom. The van der Waals surface area contributed by atoms with Crippen LogP contribution in [0.25, 0.3) is 11.3 Å². The highest BCUT2D eigenvalue weighted by Crippen LogP contribution is 2.27. The zero-order valence-electron chi connectivity index (χ0n) is 13.4. The van der Waals surface area contributed by atoms with Crippen LogP contribution in [0.15, 0.2) is 53.9 Å². The first-order chi connectivity index (χ1) is 11.8. The summed E-state index contributed by atoms with van der Waals surface area (Å²) >= 11 is 1.49. The molecule has 4 nitrogen and oxygen atoms in total. The quantitative estimate of drug-likeness (QED) is 0.736. The molecule has 0 aromatic heterocycles. The van der Waals surface area contributed by atoms with Gasteiger partial charge in [-0.15, -0.1) is 0 Å². The fourth-order valence-corrected chi connectivity index (χ4v) is 3.76. The minimum absolute atomic E-state index is 0.139. The molecular formula is C19H19N3OS. The Balaban J connectivity index is 1.37. The molecule has 2 heterocycles. The predicted molar refractivity (Wildman–Crippen MR) is 96.4 cm³/mol. The van der Waals surface area contributed by atoms with E-state index in [2.05, 4.69) is 27.5 Å². The summed E-state index contributed by atoms with van der Waals surface area (Å²) in [5.41, 5.74) is 4.43. The average Bonchev–Trinajstić information content (AvgIpc) is 3.06. The zero-order valence-corrected chi connectivity index (χ0v) is 14.2. The van der Waals surface area contributed by atoms with Crippen LogP contribution >= 0.6 is 11.5 Å². The van der Waals surface area contributed by atoms with Crippen molar-refractivity contribution in [3.63, 3.8) is 0 Å². The van der Waals surface area contributed by atoms with E-state index in [0.29, 0.717) is 0 Å². The van der Waals surface area contributed by atoms with Crippen LogP contribution in [-0.4, -0.2) is 46.3 Å².